The van der Waals surface area contributed by atoms with Crippen molar-refractivity contribution in [2.75, 3.05) is 0 Å². The van der Waals surface area contributed by atoms with Crippen molar-refractivity contribution in [2.24, 2.45) is 5.92 Å². The van der Waals surface area contributed by atoms with Gasteiger partial charge in [0.1, 0.15) is 6.04 Å². The van der Waals surface area contributed by atoms with Crippen molar-refractivity contribution in [3.63, 3.8) is 0 Å². The fourth-order valence-corrected chi connectivity index (χ4v) is 3.94. The first-order valence-electron chi connectivity index (χ1n) is 8.84. The second kappa shape index (κ2) is 6.98. The number of aliphatic carboxylic acids is 1. The van der Waals surface area contributed by atoms with Gasteiger partial charge in [0.05, 0.1) is 11.9 Å². The predicted octanol–water partition coefficient (Wildman–Crippen LogP) is 3.59. The summed E-state index contributed by atoms with van der Waals surface area (Å²) in [7, 11) is 0. The molecule has 30 heavy (non-hydrogen) atoms. The summed E-state index contributed by atoms with van der Waals surface area (Å²) in [6.07, 6.45) is -3.54. The summed E-state index contributed by atoms with van der Waals surface area (Å²) < 4.78 is 40.9. The highest BCUT2D eigenvalue weighted by molar-refractivity contribution is 6.31. The fourth-order valence-electron chi connectivity index (χ4n) is 3.76. The van der Waals surface area contributed by atoms with Crippen molar-refractivity contribution in [3.05, 3.63) is 63.3 Å². The van der Waals surface area contributed by atoms with Gasteiger partial charge in [0.15, 0.2) is 5.69 Å². The molecule has 2 atom stereocenters. The van der Waals surface area contributed by atoms with Crippen molar-refractivity contribution < 1.29 is 23.1 Å². The maximum atomic E-state index is 12.9. The molecule has 3 aromatic rings. The van der Waals surface area contributed by atoms with E-state index in [-0.39, 0.29) is 11.6 Å². The number of alkyl halides is 3. The van der Waals surface area contributed by atoms with E-state index in [4.69, 9.17) is 11.6 Å². The van der Waals surface area contributed by atoms with Crippen LogP contribution in [0, 0.1) is 5.92 Å². The number of halogens is 4. The molecule has 1 aromatic carbocycles. The molecule has 0 fully saturated rings. The van der Waals surface area contributed by atoms with Gasteiger partial charge in [-0.15, -0.1) is 5.10 Å². The minimum absolute atomic E-state index is 0.243. The van der Waals surface area contributed by atoms with Gasteiger partial charge in [0.25, 0.3) is 5.56 Å². The van der Waals surface area contributed by atoms with Gasteiger partial charge in [-0.1, -0.05) is 23.7 Å². The quantitative estimate of drug-likeness (QED) is 0.675. The van der Waals surface area contributed by atoms with E-state index in [1.54, 1.807) is 13.0 Å². The summed E-state index contributed by atoms with van der Waals surface area (Å²) in [4.78, 5) is 24.3. The first kappa shape index (κ1) is 20.1. The van der Waals surface area contributed by atoms with Crippen LogP contribution in [-0.2, 0) is 17.4 Å². The van der Waals surface area contributed by atoms with Gasteiger partial charge in [-0.3, -0.25) is 9.36 Å². The average molecular weight is 439 g/mol. The van der Waals surface area contributed by atoms with Crippen LogP contribution in [0.3, 0.4) is 0 Å². The smallest absolute Gasteiger partial charge is 0.436 e. The molecule has 1 aliphatic heterocycles. The zero-order valence-electron chi connectivity index (χ0n) is 15.4. The number of rotatable bonds is 3. The molecular weight excluding hydrogens is 425 g/mol. The largest absolute Gasteiger partial charge is 0.480 e. The Balaban J connectivity index is 1.87. The standard InChI is InChI=1S/C19H14ClF3N4O3/c1-9-4-12-5-10(6-16(28)27(12)17(9)18(29)30)13-7-11(20)2-3-14(13)26-8-15(24-25-26)19(21,22)23/h2-3,5-9,17H,4H2,1H3,(H,29,30)/t9-,17-/m0/s1. The highest BCUT2D eigenvalue weighted by Crippen LogP contribution is 2.35. The lowest BCUT2D eigenvalue weighted by Crippen LogP contribution is -2.29. The number of carboxylic acids is 1. The first-order valence-corrected chi connectivity index (χ1v) is 9.22. The number of hydrogen-bond acceptors (Lipinski definition) is 4. The van der Waals surface area contributed by atoms with Crippen LogP contribution in [0.1, 0.15) is 24.4 Å². The van der Waals surface area contributed by atoms with Crippen LogP contribution in [0.25, 0.3) is 16.8 Å². The third-order valence-corrected chi connectivity index (χ3v) is 5.28. The van der Waals surface area contributed by atoms with Crippen molar-refractivity contribution in [3.8, 4) is 16.8 Å². The monoisotopic (exact) mass is 438 g/mol. The van der Waals surface area contributed by atoms with E-state index in [0.29, 0.717) is 28.3 Å². The van der Waals surface area contributed by atoms with E-state index in [1.165, 1.54) is 28.8 Å². The lowest BCUT2D eigenvalue weighted by molar-refractivity contribution is -0.142. The van der Waals surface area contributed by atoms with Gasteiger partial charge in [0, 0.05) is 22.3 Å². The highest BCUT2D eigenvalue weighted by atomic mass is 35.5. The van der Waals surface area contributed by atoms with Crippen LogP contribution in [-0.4, -0.2) is 30.6 Å². The Kier molecular flexibility index (Phi) is 4.69. The molecule has 0 bridgehead atoms. The highest BCUT2D eigenvalue weighted by Gasteiger charge is 2.36. The van der Waals surface area contributed by atoms with Crippen LogP contribution in [0.15, 0.2) is 41.3 Å². The summed E-state index contributed by atoms with van der Waals surface area (Å²) in [6.45, 7) is 1.74. The zero-order valence-corrected chi connectivity index (χ0v) is 16.1. The number of carbonyl (C=O) groups is 1. The predicted molar refractivity (Wildman–Crippen MR) is 101 cm³/mol. The summed E-state index contributed by atoms with van der Waals surface area (Å²) in [6, 6.07) is 6.39. The Morgan fingerprint density at radius 3 is 2.63 bits per heavy atom. The molecule has 2 aromatic heterocycles. The molecule has 0 radical (unpaired) electrons. The van der Waals surface area contributed by atoms with Crippen molar-refractivity contribution in [1.29, 1.82) is 0 Å². The van der Waals surface area contributed by atoms with Crippen molar-refractivity contribution in [1.82, 2.24) is 19.6 Å². The summed E-state index contributed by atoms with van der Waals surface area (Å²) in [5, 5.41) is 16.5. The molecule has 156 valence electrons. The number of aromatic nitrogens is 4. The molecule has 0 amide bonds. The third kappa shape index (κ3) is 3.36. The normalized spacial score (nSPS) is 18.4. The zero-order chi connectivity index (χ0) is 21.8. The molecule has 0 saturated heterocycles. The molecule has 1 N–H and O–H groups in total. The number of pyridine rings is 1. The second-order valence-corrected chi connectivity index (χ2v) is 7.55. The van der Waals surface area contributed by atoms with E-state index in [0.717, 1.165) is 10.9 Å². The Morgan fingerprint density at radius 2 is 2.00 bits per heavy atom. The summed E-state index contributed by atoms with van der Waals surface area (Å²) >= 11 is 6.09. The maximum Gasteiger partial charge on any atom is 0.436 e. The van der Waals surface area contributed by atoms with Crippen LogP contribution in [0.4, 0.5) is 13.2 Å². The van der Waals surface area contributed by atoms with Crippen LogP contribution >= 0.6 is 11.6 Å². The van der Waals surface area contributed by atoms with E-state index in [1.807, 2.05) is 0 Å². The molecule has 4 rings (SSSR count). The van der Waals surface area contributed by atoms with Crippen LogP contribution in [0.5, 0.6) is 0 Å². The SMILES string of the molecule is C[C@H]1Cc2cc(-c3cc(Cl)ccc3-n3cc(C(F)(F)F)nn3)cc(=O)n2[C@@H]1C(=O)O. The van der Waals surface area contributed by atoms with Crippen molar-refractivity contribution >= 4 is 17.6 Å². The molecule has 0 unspecified atom stereocenters. The maximum absolute atomic E-state index is 12.9. The lowest BCUT2D eigenvalue weighted by atomic mass is 10.0. The number of carboxylic acid groups (broad SMARTS) is 1. The Morgan fingerprint density at radius 1 is 1.27 bits per heavy atom. The second-order valence-electron chi connectivity index (χ2n) is 7.12. The minimum Gasteiger partial charge on any atom is -0.480 e. The average Bonchev–Trinajstić information content (AvgIpc) is 3.25. The molecule has 0 saturated carbocycles. The molecule has 7 nitrogen and oxygen atoms in total. The molecule has 1 aliphatic rings. The van der Waals surface area contributed by atoms with Gasteiger partial charge in [0.2, 0.25) is 0 Å². The topological polar surface area (TPSA) is 90.0 Å². The summed E-state index contributed by atoms with van der Waals surface area (Å²) in [5.41, 5.74) is -0.139. The van der Waals surface area contributed by atoms with Gasteiger partial charge in [-0.05, 0) is 42.2 Å². The van der Waals surface area contributed by atoms with Gasteiger partial charge in [-0.25, -0.2) is 9.48 Å². The number of fused-ring (bicyclic) bond motifs is 1. The first-order chi connectivity index (χ1) is 14.1. The lowest BCUT2D eigenvalue weighted by Gasteiger charge is -2.15. The van der Waals surface area contributed by atoms with E-state index >= 15 is 0 Å². The van der Waals surface area contributed by atoms with E-state index < -0.39 is 29.4 Å². The number of hydrogen-bond donors (Lipinski definition) is 1. The van der Waals surface area contributed by atoms with Crippen molar-refractivity contribution in [2.45, 2.75) is 25.6 Å². The molecule has 0 spiro atoms. The fraction of sp³-hybridized carbons (Fsp3) is 0.263. The van der Waals surface area contributed by atoms with Gasteiger partial charge < -0.3 is 5.11 Å². The van der Waals surface area contributed by atoms with E-state index in [2.05, 4.69) is 10.3 Å². The third-order valence-electron chi connectivity index (χ3n) is 5.05. The van der Waals surface area contributed by atoms with Gasteiger partial charge in [-0.2, -0.15) is 13.2 Å². The molecular formula is C19H14ClF3N4O3. The molecule has 3 heterocycles. The van der Waals surface area contributed by atoms with Gasteiger partial charge >= 0.3 is 12.1 Å². The molecule has 11 heteroatoms. The summed E-state index contributed by atoms with van der Waals surface area (Å²) in [5.74, 6) is -1.38. The Bertz CT molecular complexity index is 1220. The number of nitrogens with zero attached hydrogens (tertiary/aromatic N) is 4. The minimum atomic E-state index is -4.65. The number of benzene rings is 1. The van der Waals surface area contributed by atoms with Crippen LogP contribution in [0.2, 0.25) is 5.02 Å². The van der Waals surface area contributed by atoms with Crippen LogP contribution < -0.4 is 5.56 Å². The Hall–Kier alpha value is -3.14. The Labute approximate surface area is 172 Å². The van der Waals surface area contributed by atoms with E-state index in [9.17, 15) is 27.9 Å². The molecule has 0 aliphatic carbocycles.